The van der Waals surface area contributed by atoms with E-state index in [1.807, 2.05) is 113 Å². The maximum atomic E-state index is 14.3. The van der Waals surface area contributed by atoms with Crippen LogP contribution in [0.15, 0.2) is 84.9 Å². The van der Waals surface area contributed by atoms with Gasteiger partial charge >= 0.3 is 12.1 Å². The fourth-order valence-corrected chi connectivity index (χ4v) is 6.54. The molecule has 3 amide bonds. The third-order valence-electron chi connectivity index (χ3n) is 9.00. The first-order valence-corrected chi connectivity index (χ1v) is 18.3. The van der Waals surface area contributed by atoms with Gasteiger partial charge in [-0.3, -0.25) is 24.8 Å². The van der Waals surface area contributed by atoms with Crippen LogP contribution in [0.3, 0.4) is 0 Å². The third-order valence-corrected chi connectivity index (χ3v) is 9.00. The van der Waals surface area contributed by atoms with Crippen LogP contribution in [-0.4, -0.2) is 65.4 Å². The number of aliphatic carboxylic acids is 1. The summed E-state index contributed by atoms with van der Waals surface area (Å²) < 4.78 is 19.6. The molecule has 0 aromatic heterocycles. The van der Waals surface area contributed by atoms with Crippen LogP contribution in [-0.2, 0) is 23.9 Å². The second kappa shape index (κ2) is 18.7. The van der Waals surface area contributed by atoms with Crippen LogP contribution in [0.4, 0.5) is 4.79 Å². The first kappa shape index (κ1) is 39.3. The number of rotatable bonds is 16. The Kier molecular flexibility index (Phi) is 13.8. The molecule has 0 saturated carbocycles. The average molecular weight is 727 g/mol. The lowest BCUT2D eigenvalue weighted by atomic mass is 9.82. The highest BCUT2D eigenvalue weighted by Crippen LogP contribution is 2.44. The normalized spacial score (nSPS) is 14.6. The molecule has 3 aromatic rings. The van der Waals surface area contributed by atoms with Gasteiger partial charge in [0.25, 0.3) is 5.91 Å². The van der Waals surface area contributed by atoms with Gasteiger partial charge in [-0.25, -0.2) is 4.79 Å². The highest BCUT2D eigenvalue weighted by atomic mass is 16.5. The lowest BCUT2D eigenvalue weighted by molar-refractivity contribution is -0.152. The van der Waals surface area contributed by atoms with Crippen molar-refractivity contribution >= 4 is 30.0 Å². The van der Waals surface area contributed by atoms with Gasteiger partial charge < -0.3 is 19.9 Å². The van der Waals surface area contributed by atoms with E-state index >= 15 is 0 Å². The third kappa shape index (κ3) is 11.8. The summed E-state index contributed by atoms with van der Waals surface area (Å²) in [6, 6.07) is 24.1. The number of alkyl carbamates (subject to hydrolysis) is 1. The number of hydrogen-bond acceptors (Lipinski definition) is 6. The zero-order chi connectivity index (χ0) is 39.4. The zero-order valence-electron chi connectivity index (χ0n) is 32.7. The van der Waals surface area contributed by atoms with Gasteiger partial charge in [0.05, 0.1) is 24.0 Å². The van der Waals surface area contributed by atoms with Crippen LogP contribution >= 0.6 is 0 Å². The van der Waals surface area contributed by atoms with Crippen LogP contribution in [0.5, 0.6) is 0 Å². The minimum atomic E-state index is -1.29. The fraction of sp³-hybridized carbons (Fsp3) is 0.442. The molecule has 4 rings (SSSR count). The van der Waals surface area contributed by atoms with Gasteiger partial charge in [0.15, 0.2) is 0 Å². The Balaban J connectivity index is 1.54. The second-order valence-electron chi connectivity index (χ2n) is 15.1. The molecule has 10 heteroatoms. The van der Waals surface area contributed by atoms with Gasteiger partial charge in [-0.05, 0) is 73.2 Å². The summed E-state index contributed by atoms with van der Waals surface area (Å²) in [6.07, 6.45) is 3.12. The maximum Gasteiger partial charge on any atom is 0.407 e. The Hall–Kier alpha value is -4.96. The molecule has 0 heterocycles. The number of allylic oxidation sites excluding steroid dienone is 1. The molecule has 284 valence electrons. The fourth-order valence-electron chi connectivity index (χ4n) is 6.54. The van der Waals surface area contributed by atoms with E-state index in [1.54, 1.807) is 19.9 Å². The lowest BCUT2D eigenvalue weighted by Gasteiger charge is -2.33. The van der Waals surface area contributed by atoms with Crippen LogP contribution in [0.1, 0.15) is 85.3 Å². The predicted molar refractivity (Wildman–Crippen MR) is 207 cm³/mol. The average Bonchev–Trinajstić information content (AvgIpc) is 3.46. The topological polar surface area (TPSA) is 134 Å². The number of hydrogen-bond donors (Lipinski definition) is 3. The van der Waals surface area contributed by atoms with Crippen molar-refractivity contribution in [1.82, 2.24) is 15.8 Å². The Morgan fingerprint density at radius 2 is 1.49 bits per heavy atom. The van der Waals surface area contributed by atoms with Crippen molar-refractivity contribution in [2.24, 2.45) is 23.7 Å². The van der Waals surface area contributed by atoms with E-state index in [9.17, 15) is 24.3 Å². The van der Waals surface area contributed by atoms with Crippen molar-refractivity contribution < 1.29 is 35.1 Å². The molecule has 3 atom stereocenters. The summed E-state index contributed by atoms with van der Waals surface area (Å²) in [5, 5.41) is 14.1. The SMILES string of the molecule is [2H]CC(C)(C)OC[C@H](NC(=O)OCC1c2ccccc2-c2ccccc21)C(=O)N(CC(C)C)NC(=O)[C@H](CC(C)C)[C@H](C/C=C/c1ccccc1)C(=O)O. The molecule has 0 saturated heterocycles. The smallest absolute Gasteiger partial charge is 0.407 e. The number of ether oxygens (including phenoxy) is 2. The number of carboxylic acid groups (broad SMARTS) is 1. The van der Waals surface area contributed by atoms with Crippen molar-refractivity contribution in [3.05, 3.63) is 102 Å². The number of carbonyl (C=O) groups is 4. The van der Waals surface area contributed by atoms with Gasteiger partial charge in [0.2, 0.25) is 5.91 Å². The van der Waals surface area contributed by atoms with E-state index in [4.69, 9.17) is 10.8 Å². The van der Waals surface area contributed by atoms with Crippen LogP contribution in [0, 0.1) is 23.7 Å². The van der Waals surface area contributed by atoms with Crippen molar-refractivity contribution in [3.63, 3.8) is 0 Å². The molecule has 1 aliphatic carbocycles. The van der Waals surface area contributed by atoms with Gasteiger partial charge in [-0.2, -0.15) is 0 Å². The number of carboxylic acids is 1. The summed E-state index contributed by atoms with van der Waals surface area (Å²) in [5.74, 6) is -4.72. The van der Waals surface area contributed by atoms with E-state index in [0.29, 0.717) is 0 Å². The first-order chi connectivity index (χ1) is 25.7. The van der Waals surface area contributed by atoms with E-state index in [-0.39, 0.29) is 57.3 Å². The standard InChI is InChI=1S/C43H55N3O7/c1-28(2)24-36(35(41(49)50)23-15-18-30-16-9-8-10-17-30)39(47)45-46(25-29(3)4)40(48)38(27-53-43(5,6)7)44-42(51)52-26-37-33-21-13-11-19-31(33)32-20-12-14-22-34(32)37/h8-22,28-29,35-38H,23-27H2,1-7H3,(H,44,51)(H,45,47)(H,49,50)/b18-15+/t35-,36+,38-/m0/s1/i5D. The Bertz CT molecular complexity index is 1710. The van der Waals surface area contributed by atoms with Crippen molar-refractivity contribution in [2.45, 2.75) is 78.8 Å². The molecule has 1 aliphatic rings. The Labute approximate surface area is 315 Å². The number of hydrazine groups is 1. The largest absolute Gasteiger partial charge is 0.481 e. The van der Waals surface area contributed by atoms with Gasteiger partial charge in [0, 0.05) is 13.8 Å². The summed E-state index contributed by atoms with van der Waals surface area (Å²) in [5.41, 5.74) is 6.94. The van der Waals surface area contributed by atoms with Gasteiger partial charge in [0.1, 0.15) is 12.6 Å². The first-order valence-electron chi connectivity index (χ1n) is 19.0. The second-order valence-corrected chi connectivity index (χ2v) is 15.1. The molecule has 3 N–H and O–H groups in total. The number of fused-ring (bicyclic) bond motifs is 3. The molecule has 0 aliphatic heterocycles. The summed E-state index contributed by atoms with van der Waals surface area (Å²) in [7, 11) is 0. The maximum absolute atomic E-state index is 14.3. The molecule has 0 fully saturated rings. The Morgan fingerprint density at radius 3 is 2.06 bits per heavy atom. The highest BCUT2D eigenvalue weighted by Gasteiger charge is 2.37. The van der Waals surface area contributed by atoms with Crippen LogP contribution < -0.4 is 10.7 Å². The monoisotopic (exact) mass is 726 g/mol. The molecule has 53 heavy (non-hydrogen) atoms. The predicted octanol–water partition coefficient (Wildman–Crippen LogP) is 7.69. The van der Waals surface area contributed by atoms with E-state index in [0.717, 1.165) is 32.8 Å². The summed E-state index contributed by atoms with van der Waals surface area (Å²) in [4.78, 5) is 54.4. The number of benzene rings is 3. The lowest BCUT2D eigenvalue weighted by Crippen LogP contribution is -2.59. The van der Waals surface area contributed by atoms with Gasteiger partial charge in [-0.15, -0.1) is 0 Å². The number of amides is 3. The quantitative estimate of drug-likeness (QED) is 0.129. The molecular weight excluding hydrogens is 670 g/mol. The van der Waals surface area contributed by atoms with E-state index < -0.39 is 47.4 Å². The van der Waals surface area contributed by atoms with E-state index in [2.05, 4.69) is 10.7 Å². The molecular formula is C43H55N3O7. The number of nitrogens with zero attached hydrogens (tertiary/aromatic N) is 1. The highest BCUT2D eigenvalue weighted by molar-refractivity contribution is 5.90. The molecule has 0 radical (unpaired) electrons. The summed E-state index contributed by atoms with van der Waals surface area (Å²) in [6.45, 7) is 10.7. The van der Waals surface area contributed by atoms with Crippen molar-refractivity contribution in [2.75, 3.05) is 19.8 Å². The minimum Gasteiger partial charge on any atom is -0.481 e. The summed E-state index contributed by atoms with van der Waals surface area (Å²) >= 11 is 0. The van der Waals surface area contributed by atoms with E-state index in [1.165, 1.54) is 0 Å². The molecule has 0 bridgehead atoms. The minimum absolute atomic E-state index is 0.0153. The number of nitrogens with one attached hydrogen (secondary N) is 2. The van der Waals surface area contributed by atoms with Crippen molar-refractivity contribution in [1.29, 1.82) is 0 Å². The zero-order valence-corrected chi connectivity index (χ0v) is 31.7. The molecule has 0 spiro atoms. The van der Waals surface area contributed by atoms with Crippen LogP contribution in [0.25, 0.3) is 17.2 Å². The Morgan fingerprint density at radius 1 is 0.887 bits per heavy atom. The van der Waals surface area contributed by atoms with Crippen LogP contribution in [0.2, 0.25) is 0 Å². The van der Waals surface area contributed by atoms with Crippen molar-refractivity contribution in [3.8, 4) is 11.1 Å². The van der Waals surface area contributed by atoms with Gasteiger partial charge in [-0.1, -0.05) is 119 Å². The molecule has 10 nitrogen and oxygen atoms in total. The molecule has 0 unspecified atom stereocenters. The molecule has 3 aromatic carbocycles. The number of carbonyl (C=O) groups excluding carboxylic acids is 3.